The number of hydrogen-bond acceptors (Lipinski definition) is 7. The zero-order chi connectivity index (χ0) is 21.0. The van der Waals surface area contributed by atoms with Crippen LogP contribution >= 0.6 is 35.2 Å². The molecule has 0 fully saturated rings. The number of ether oxygens (including phenoxy) is 2. The Morgan fingerprint density at radius 2 is 1.97 bits per heavy atom. The summed E-state index contributed by atoms with van der Waals surface area (Å²) in [6.07, 6.45) is 0. The molecule has 1 amide bonds. The molecule has 1 aromatic heterocycles. The number of nitrogens with zero attached hydrogens (tertiary/aromatic N) is 1. The van der Waals surface area contributed by atoms with Crippen molar-refractivity contribution >= 4 is 67.5 Å². The lowest BCUT2D eigenvalue weighted by Crippen LogP contribution is -2.34. The topological polar surface area (TPSA) is 89.5 Å². The van der Waals surface area contributed by atoms with Crippen molar-refractivity contribution in [2.75, 3.05) is 19.0 Å². The van der Waals surface area contributed by atoms with E-state index >= 15 is 0 Å². The molecule has 0 saturated heterocycles. The lowest BCUT2D eigenvalue weighted by molar-refractivity contribution is 0.0600. The molecule has 29 heavy (non-hydrogen) atoms. The molecule has 2 N–H and O–H groups in total. The first-order valence-corrected chi connectivity index (χ1v) is 10.0. The number of benzene rings is 2. The average Bonchev–Trinajstić information content (AvgIpc) is 3.09. The van der Waals surface area contributed by atoms with E-state index in [9.17, 15) is 9.59 Å². The van der Waals surface area contributed by atoms with Gasteiger partial charge in [0, 0.05) is 5.56 Å². The standard InChI is InChI=1S/C19H16ClN3O4S2/c1-3-27-14-7-5-10(8-12(14)20)16(24)22-18(28)23-19-21-13-6-4-11(17(25)26-2)9-15(13)29-19/h4-9H,3H2,1-2H3,(H2,21,22,23,24,28). The predicted molar refractivity (Wildman–Crippen MR) is 117 cm³/mol. The molecule has 10 heteroatoms. The van der Waals surface area contributed by atoms with Crippen LogP contribution < -0.4 is 15.4 Å². The third-order valence-electron chi connectivity index (χ3n) is 3.75. The molecule has 0 unspecified atom stereocenters. The van der Waals surface area contributed by atoms with E-state index in [1.807, 2.05) is 6.92 Å². The maximum Gasteiger partial charge on any atom is 0.337 e. The van der Waals surface area contributed by atoms with Crippen molar-refractivity contribution in [1.29, 1.82) is 0 Å². The normalized spacial score (nSPS) is 10.4. The van der Waals surface area contributed by atoms with E-state index in [2.05, 4.69) is 15.6 Å². The first kappa shape index (κ1) is 21.0. The highest BCUT2D eigenvalue weighted by Gasteiger charge is 2.13. The van der Waals surface area contributed by atoms with Crippen LogP contribution in [0.2, 0.25) is 5.02 Å². The number of carbonyl (C=O) groups excluding carboxylic acids is 2. The van der Waals surface area contributed by atoms with Crippen LogP contribution in [0.5, 0.6) is 5.75 Å². The number of hydrogen-bond donors (Lipinski definition) is 2. The summed E-state index contributed by atoms with van der Waals surface area (Å²) >= 11 is 12.6. The molecule has 150 valence electrons. The molecule has 0 atom stereocenters. The summed E-state index contributed by atoms with van der Waals surface area (Å²) in [6, 6.07) is 9.77. The number of rotatable bonds is 5. The van der Waals surface area contributed by atoms with E-state index in [1.54, 1.807) is 30.3 Å². The Kier molecular flexibility index (Phi) is 6.63. The van der Waals surface area contributed by atoms with Gasteiger partial charge in [-0.1, -0.05) is 22.9 Å². The maximum absolute atomic E-state index is 12.4. The number of thiazole rings is 1. The summed E-state index contributed by atoms with van der Waals surface area (Å²) in [5.41, 5.74) is 1.46. The Morgan fingerprint density at radius 1 is 1.21 bits per heavy atom. The number of methoxy groups -OCH3 is 1. The summed E-state index contributed by atoms with van der Waals surface area (Å²) in [6.45, 7) is 2.32. The van der Waals surface area contributed by atoms with Crippen LogP contribution in [-0.2, 0) is 4.74 Å². The minimum absolute atomic E-state index is 0.0901. The lowest BCUT2D eigenvalue weighted by atomic mass is 10.2. The highest BCUT2D eigenvalue weighted by molar-refractivity contribution is 7.80. The number of esters is 1. The molecule has 7 nitrogen and oxygen atoms in total. The molecule has 1 heterocycles. The van der Waals surface area contributed by atoms with Gasteiger partial charge in [-0.05, 0) is 55.5 Å². The quantitative estimate of drug-likeness (QED) is 0.444. The van der Waals surface area contributed by atoms with Crippen molar-refractivity contribution in [3.05, 3.63) is 52.5 Å². The fourth-order valence-electron chi connectivity index (χ4n) is 2.44. The first-order valence-electron chi connectivity index (χ1n) is 8.45. The maximum atomic E-state index is 12.4. The molecule has 3 aromatic rings. The minimum atomic E-state index is -0.424. The van der Waals surface area contributed by atoms with Crippen molar-refractivity contribution in [2.24, 2.45) is 0 Å². The molecule has 0 aliphatic heterocycles. The summed E-state index contributed by atoms with van der Waals surface area (Å²) in [5.74, 6) is -0.333. The molecule has 0 saturated carbocycles. The van der Waals surface area contributed by atoms with Crippen molar-refractivity contribution in [2.45, 2.75) is 6.92 Å². The van der Waals surface area contributed by atoms with Crippen molar-refractivity contribution in [3.8, 4) is 5.75 Å². The van der Waals surface area contributed by atoms with Crippen molar-refractivity contribution in [1.82, 2.24) is 10.3 Å². The Labute approximate surface area is 181 Å². The smallest absolute Gasteiger partial charge is 0.337 e. The van der Waals surface area contributed by atoms with Crippen LogP contribution in [0.15, 0.2) is 36.4 Å². The van der Waals surface area contributed by atoms with E-state index in [4.69, 9.17) is 33.3 Å². The highest BCUT2D eigenvalue weighted by atomic mass is 35.5. The average molecular weight is 450 g/mol. The zero-order valence-electron chi connectivity index (χ0n) is 15.4. The second kappa shape index (κ2) is 9.17. The molecule has 0 aliphatic rings. The zero-order valence-corrected chi connectivity index (χ0v) is 17.8. The molecule has 0 aliphatic carbocycles. The Hall–Kier alpha value is -2.75. The molecular weight excluding hydrogens is 434 g/mol. The van der Waals surface area contributed by atoms with Crippen LogP contribution in [0.1, 0.15) is 27.6 Å². The Morgan fingerprint density at radius 3 is 2.66 bits per heavy atom. The van der Waals surface area contributed by atoms with E-state index in [-0.39, 0.29) is 5.11 Å². The summed E-state index contributed by atoms with van der Waals surface area (Å²) in [5, 5.41) is 6.37. The van der Waals surface area contributed by atoms with Gasteiger partial charge in [0.2, 0.25) is 0 Å². The van der Waals surface area contributed by atoms with Crippen LogP contribution in [0, 0.1) is 0 Å². The fourth-order valence-corrected chi connectivity index (χ4v) is 3.84. The monoisotopic (exact) mass is 449 g/mol. The Bertz CT molecular complexity index is 1100. The summed E-state index contributed by atoms with van der Waals surface area (Å²) in [4.78, 5) is 28.4. The molecule has 0 spiro atoms. The Balaban J connectivity index is 1.68. The molecule has 0 bridgehead atoms. The van der Waals surface area contributed by atoms with E-state index in [0.717, 1.165) is 4.70 Å². The number of thiocarbonyl (C=S) groups is 1. The third-order valence-corrected chi connectivity index (χ3v) is 5.18. The SMILES string of the molecule is CCOc1ccc(C(=O)NC(=S)Nc2nc3ccc(C(=O)OC)cc3s2)cc1Cl. The fraction of sp³-hybridized carbons (Fsp3) is 0.158. The van der Waals surface area contributed by atoms with Gasteiger partial charge in [0.15, 0.2) is 10.2 Å². The van der Waals surface area contributed by atoms with Gasteiger partial charge in [0.1, 0.15) is 5.75 Å². The first-order chi connectivity index (χ1) is 13.9. The molecular formula is C19H16ClN3O4S2. The number of carbonyl (C=O) groups is 2. The van der Waals surface area contributed by atoms with Gasteiger partial charge in [-0.15, -0.1) is 0 Å². The van der Waals surface area contributed by atoms with Gasteiger partial charge in [0.25, 0.3) is 5.91 Å². The third kappa shape index (κ3) is 5.00. The summed E-state index contributed by atoms with van der Waals surface area (Å²) < 4.78 is 10.8. The summed E-state index contributed by atoms with van der Waals surface area (Å²) in [7, 11) is 1.32. The van der Waals surface area contributed by atoms with Crippen molar-refractivity contribution < 1.29 is 19.1 Å². The number of aromatic nitrogens is 1. The van der Waals surface area contributed by atoms with Crippen LogP contribution in [0.25, 0.3) is 10.2 Å². The van der Waals surface area contributed by atoms with E-state index in [1.165, 1.54) is 24.5 Å². The number of nitrogens with one attached hydrogen (secondary N) is 2. The molecule has 2 aromatic carbocycles. The number of anilines is 1. The van der Waals surface area contributed by atoms with E-state index in [0.29, 0.717) is 39.2 Å². The van der Waals surface area contributed by atoms with Gasteiger partial charge >= 0.3 is 5.97 Å². The minimum Gasteiger partial charge on any atom is -0.492 e. The highest BCUT2D eigenvalue weighted by Crippen LogP contribution is 2.27. The number of fused-ring (bicyclic) bond motifs is 1. The lowest BCUT2D eigenvalue weighted by Gasteiger charge is -2.09. The van der Waals surface area contributed by atoms with E-state index < -0.39 is 11.9 Å². The van der Waals surface area contributed by atoms with Gasteiger partial charge in [-0.25, -0.2) is 9.78 Å². The van der Waals surface area contributed by atoms with Gasteiger partial charge in [0.05, 0.1) is 34.5 Å². The number of halogens is 1. The second-order valence-corrected chi connectivity index (χ2v) is 7.53. The van der Waals surface area contributed by atoms with Gasteiger partial charge < -0.3 is 14.8 Å². The predicted octanol–water partition coefficient (Wildman–Crippen LogP) is 4.26. The molecule has 3 rings (SSSR count). The molecule has 0 radical (unpaired) electrons. The second-order valence-electron chi connectivity index (χ2n) is 5.68. The van der Waals surface area contributed by atoms with Crippen LogP contribution in [0.3, 0.4) is 0 Å². The van der Waals surface area contributed by atoms with Crippen LogP contribution in [-0.4, -0.2) is 35.7 Å². The van der Waals surface area contributed by atoms with Gasteiger partial charge in [-0.3, -0.25) is 10.1 Å². The van der Waals surface area contributed by atoms with Crippen LogP contribution in [0.4, 0.5) is 5.13 Å². The van der Waals surface area contributed by atoms with Crippen molar-refractivity contribution in [3.63, 3.8) is 0 Å². The number of amides is 1. The van der Waals surface area contributed by atoms with Gasteiger partial charge in [-0.2, -0.15) is 0 Å². The largest absolute Gasteiger partial charge is 0.492 e.